The summed E-state index contributed by atoms with van der Waals surface area (Å²) < 4.78 is 0. The molecule has 0 aromatic heterocycles. The molecule has 0 fully saturated rings. The molecule has 0 N–H and O–H groups in total. The van der Waals surface area contributed by atoms with Crippen molar-refractivity contribution in [2.45, 2.75) is 29.1 Å². The molecule has 0 bridgehead atoms. The van der Waals surface area contributed by atoms with E-state index in [1.807, 2.05) is 6.07 Å². The highest BCUT2D eigenvalue weighted by Gasteiger charge is 2.39. The molecule has 0 radical (unpaired) electrons. The smallest absolute Gasteiger partial charge is 0.0487 e. The number of fused-ring (bicyclic) bond motifs is 6. The minimum Gasteiger partial charge on any atom is -0.192 e. The van der Waals surface area contributed by atoms with Crippen LogP contribution >= 0.6 is 21.6 Å². The molecule has 0 nitrogen and oxygen atoms in total. The summed E-state index contributed by atoms with van der Waals surface area (Å²) >= 11 is 6.83. The summed E-state index contributed by atoms with van der Waals surface area (Å²) in [6.07, 6.45) is 4.85. The Morgan fingerprint density at radius 2 is 1.13 bits per heavy atom. The molecule has 0 unspecified atom stereocenters. The van der Waals surface area contributed by atoms with Crippen LogP contribution < -0.4 is 0 Å². The van der Waals surface area contributed by atoms with Gasteiger partial charge in [-0.3, -0.25) is 0 Å². The fourth-order valence-corrected chi connectivity index (χ4v) is 8.50. The van der Waals surface area contributed by atoms with Crippen molar-refractivity contribution in [1.82, 2.24) is 0 Å². The lowest BCUT2D eigenvalue weighted by Gasteiger charge is -2.28. The molecule has 2 heteroatoms. The van der Waals surface area contributed by atoms with Gasteiger partial charge in [-0.15, -0.1) is 0 Å². The van der Waals surface area contributed by atoms with Gasteiger partial charge in [-0.2, -0.15) is 10.0 Å². The third-order valence-corrected chi connectivity index (χ3v) is 10.5. The van der Waals surface area contributed by atoms with E-state index < -0.39 is 10.0 Å². The van der Waals surface area contributed by atoms with Crippen molar-refractivity contribution in [3.63, 3.8) is 0 Å². The normalized spacial score (nSPS) is 17.5. The number of halogens is 1. The molecule has 4 aromatic carbocycles. The Kier molecular flexibility index (Phi) is 3.89. The summed E-state index contributed by atoms with van der Waals surface area (Å²) in [5.74, 6) is 0. The van der Waals surface area contributed by atoms with Crippen molar-refractivity contribution in [3.05, 3.63) is 95.0 Å². The van der Waals surface area contributed by atoms with E-state index >= 15 is 0 Å². The maximum Gasteiger partial charge on any atom is 0.0487 e. The number of rotatable bonds is 1. The van der Waals surface area contributed by atoms with Crippen molar-refractivity contribution in [1.29, 1.82) is 0 Å². The summed E-state index contributed by atoms with van der Waals surface area (Å²) in [7, 11) is -1.03. The molecular formula is C29H25ClS. The summed E-state index contributed by atoms with van der Waals surface area (Å²) in [6, 6.07) is 29.0. The predicted molar refractivity (Wildman–Crippen MR) is 136 cm³/mol. The average Bonchev–Trinajstić information content (AvgIpc) is 3.15. The van der Waals surface area contributed by atoms with Gasteiger partial charge < -0.3 is 0 Å². The lowest BCUT2D eigenvalue weighted by atomic mass is 9.81. The maximum atomic E-state index is 6.83. The second kappa shape index (κ2) is 6.28. The SMILES string of the molecule is CC1(C)c2cccc(Cl)c2-c2c(-c3cccc4c3-c3ccccc3S4(C)C)cccc21. The van der Waals surface area contributed by atoms with Crippen LogP contribution in [0.4, 0.5) is 0 Å². The molecule has 6 rings (SSSR count). The van der Waals surface area contributed by atoms with Crippen LogP contribution in [0.3, 0.4) is 0 Å². The Morgan fingerprint density at radius 1 is 0.581 bits per heavy atom. The van der Waals surface area contributed by atoms with Gasteiger partial charge in [0, 0.05) is 31.4 Å². The molecule has 0 atom stereocenters. The van der Waals surface area contributed by atoms with Gasteiger partial charge in [0.15, 0.2) is 0 Å². The summed E-state index contributed by atoms with van der Waals surface area (Å²) in [5.41, 5.74) is 10.5. The van der Waals surface area contributed by atoms with E-state index in [9.17, 15) is 0 Å². The molecule has 0 saturated heterocycles. The van der Waals surface area contributed by atoms with E-state index in [4.69, 9.17) is 11.6 Å². The predicted octanol–water partition coefficient (Wildman–Crippen LogP) is 8.78. The Hall–Kier alpha value is -2.48. The van der Waals surface area contributed by atoms with E-state index in [0.29, 0.717) is 0 Å². The van der Waals surface area contributed by atoms with Gasteiger partial charge in [0.1, 0.15) is 0 Å². The lowest BCUT2D eigenvalue weighted by Crippen LogP contribution is -2.14. The molecule has 1 aliphatic heterocycles. The van der Waals surface area contributed by atoms with Crippen LogP contribution in [0, 0.1) is 0 Å². The van der Waals surface area contributed by atoms with Crippen LogP contribution in [0.15, 0.2) is 88.7 Å². The maximum absolute atomic E-state index is 6.83. The van der Waals surface area contributed by atoms with Gasteiger partial charge in [-0.05, 0) is 64.1 Å². The van der Waals surface area contributed by atoms with Crippen LogP contribution in [0.5, 0.6) is 0 Å². The van der Waals surface area contributed by atoms with Gasteiger partial charge in [-0.1, -0.05) is 86.1 Å². The third-order valence-electron chi connectivity index (χ3n) is 7.25. The summed E-state index contributed by atoms with van der Waals surface area (Å²) in [6.45, 7) is 4.63. The number of hydrogen-bond donors (Lipinski definition) is 0. The molecular weight excluding hydrogens is 416 g/mol. The van der Waals surface area contributed by atoms with Crippen molar-refractivity contribution in [2.24, 2.45) is 0 Å². The summed E-state index contributed by atoms with van der Waals surface area (Å²) in [4.78, 5) is 2.98. The minimum atomic E-state index is -1.03. The molecule has 31 heavy (non-hydrogen) atoms. The first-order chi connectivity index (χ1) is 14.8. The fourth-order valence-electron chi connectivity index (χ4n) is 5.71. The largest absolute Gasteiger partial charge is 0.192 e. The van der Waals surface area contributed by atoms with Crippen LogP contribution in [-0.4, -0.2) is 12.5 Å². The van der Waals surface area contributed by atoms with Gasteiger partial charge in [0.25, 0.3) is 0 Å². The molecule has 2 aliphatic rings. The molecule has 4 aromatic rings. The first-order valence-corrected chi connectivity index (χ1v) is 13.6. The highest BCUT2D eigenvalue weighted by molar-refractivity contribution is 8.33. The van der Waals surface area contributed by atoms with E-state index in [2.05, 4.69) is 99.2 Å². The number of hydrogen-bond acceptors (Lipinski definition) is 0. The van der Waals surface area contributed by atoms with Gasteiger partial charge in [0.05, 0.1) is 0 Å². The molecule has 154 valence electrons. The van der Waals surface area contributed by atoms with Crippen molar-refractivity contribution < 1.29 is 0 Å². The second-order valence-corrected chi connectivity index (χ2v) is 13.5. The van der Waals surface area contributed by atoms with E-state index in [1.54, 1.807) is 0 Å². The van der Waals surface area contributed by atoms with E-state index in [0.717, 1.165) is 5.02 Å². The minimum absolute atomic E-state index is 0.0635. The van der Waals surface area contributed by atoms with Gasteiger partial charge >= 0.3 is 0 Å². The standard InChI is InChI=1S/C29H25ClS/c1-29(2)21-13-7-11-19(27(21)28-22(29)14-9-15-23(28)30)18-12-8-17-25-26(18)20-10-5-6-16-24(20)31(25,3)4/h5-17H,1-4H3. The van der Waals surface area contributed by atoms with Crippen LogP contribution in [0.25, 0.3) is 33.4 Å². The van der Waals surface area contributed by atoms with Crippen molar-refractivity contribution >= 4 is 21.6 Å². The highest BCUT2D eigenvalue weighted by Crippen LogP contribution is 2.69. The molecule has 1 aliphatic carbocycles. The molecule has 0 saturated carbocycles. The molecule has 0 amide bonds. The Morgan fingerprint density at radius 3 is 1.90 bits per heavy atom. The monoisotopic (exact) mass is 440 g/mol. The van der Waals surface area contributed by atoms with E-state index in [1.165, 1.54) is 54.3 Å². The quantitative estimate of drug-likeness (QED) is 0.277. The second-order valence-electron chi connectivity index (χ2n) is 9.52. The topological polar surface area (TPSA) is 0 Å². The average molecular weight is 441 g/mol. The van der Waals surface area contributed by atoms with E-state index in [-0.39, 0.29) is 5.41 Å². The Labute approximate surface area is 191 Å². The van der Waals surface area contributed by atoms with Gasteiger partial charge in [0.2, 0.25) is 0 Å². The Bertz CT molecular complexity index is 1390. The fraction of sp³-hybridized carbons (Fsp3) is 0.172. The summed E-state index contributed by atoms with van der Waals surface area (Å²) in [5, 5.41) is 0.843. The van der Waals surface area contributed by atoms with Gasteiger partial charge in [-0.25, -0.2) is 0 Å². The first-order valence-electron chi connectivity index (χ1n) is 10.7. The molecule has 0 spiro atoms. The Balaban J connectivity index is 1.73. The zero-order valence-electron chi connectivity index (χ0n) is 18.3. The third kappa shape index (κ3) is 2.39. The van der Waals surface area contributed by atoms with Crippen LogP contribution in [-0.2, 0) is 5.41 Å². The van der Waals surface area contributed by atoms with Crippen molar-refractivity contribution in [2.75, 3.05) is 12.5 Å². The zero-order valence-corrected chi connectivity index (χ0v) is 19.9. The lowest BCUT2D eigenvalue weighted by molar-refractivity contribution is 0.660. The highest BCUT2D eigenvalue weighted by atomic mass is 35.5. The van der Waals surface area contributed by atoms with Crippen LogP contribution in [0.2, 0.25) is 5.02 Å². The van der Waals surface area contributed by atoms with Crippen molar-refractivity contribution in [3.8, 4) is 33.4 Å². The number of benzene rings is 4. The zero-order chi connectivity index (χ0) is 21.5. The first kappa shape index (κ1) is 19.2. The molecule has 1 heterocycles. The van der Waals surface area contributed by atoms with Crippen LogP contribution in [0.1, 0.15) is 25.0 Å².